The molecule has 1 aromatic carbocycles. The quantitative estimate of drug-likeness (QED) is 0.625. The van der Waals surface area contributed by atoms with Crippen molar-refractivity contribution in [3.8, 4) is 0 Å². The average Bonchev–Trinajstić information content (AvgIpc) is 3.30. The van der Waals surface area contributed by atoms with Gasteiger partial charge in [0.1, 0.15) is 0 Å². The van der Waals surface area contributed by atoms with Crippen LogP contribution in [0.4, 0.5) is 0 Å². The van der Waals surface area contributed by atoms with Crippen molar-refractivity contribution in [2.75, 3.05) is 0 Å². The Morgan fingerprint density at radius 2 is 2.05 bits per heavy atom. The number of hydrogen-bond acceptors (Lipinski definition) is 3. The number of rotatable bonds is 6. The van der Waals surface area contributed by atoms with Crippen LogP contribution < -0.4 is 11.3 Å². The Morgan fingerprint density at radius 3 is 2.75 bits per heavy atom. The highest BCUT2D eigenvalue weighted by Gasteiger charge is 2.43. The number of aryl methyl sites for hydroxylation is 1. The molecule has 0 spiro atoms. The molecule has 2 aromatic rings. The second kappa shape index (κ2) is 6.16. The van der Waals surface area contributed by atoms with Gasteiger partial charge >= 0.3 is 0 Å². The molecular formula is C17H21N3. The van der Waals surface area contributed by atoms with E-state index < -0.39 is 0 Å². The molecule has 3 atom stereocenters. The van der Waals surface area contributed by atoms with Crippen LogP contribution in [0.2, 0.25) is 0 Å². The van der Waals surface area contributed by atoms with Crippen LogP contribution in [0.15, 0.2) is 54.9 Å². The molecule has 1 heterocycles. The third kappa shape index (κ3) is 3.06. The maximum atomic E-state index is 5.75. The molecule has 3 heteroatoms. The van der Waals surface area contributed by atoms with Gasteiger partial charge in [0.05, 0.1) is 0 Å². The summed E-state index contributed by atoms with van der Waals surface area (Å²) in [5.74, 6) is 7.09. The fourth-order valence-corrected chi connectivity index (χ4v) is 3.03. The number of hydrazine groups is 1. The first-order valence-corrected chi connectivity index (χ1v) is 7.28. The summed E-state index contributed by atoms with van der Waals surface area (Å²) in [6.07, 6.45) is 7.09. The minimum Gasteiger partial charge on any atom is -0.271 e. The highest BCUT2D eigenvalue weighted by molar-refractivity contribution is 5.26. The van der Waals surface area contributed by atoms with Gasteiger partial charge in [-0.25, -0.2) is 0 Å². The fourth-order valence-electron chi connectivity index (χ4n) is 3.03. The molecule has 20 heavy (non-hydrogen) atoms. The van der Waals surface area contributed by atoms with Crippen LogP contribution in [0.5, 0.6) is 0 Å². The number of hydrogen-bond donors (Lipinski definition) is 2. The maximum absolute atomic E-state index is 5.75. The van der Waals surface area contributed by atoms with Gasteiger partial charge < -0.3 is 0 Å². The van der Waals surface area contributed by atoms with Gasteiger partial charge in [-0.05, 0) is 48.3 Å². The zero-order chi connectivity index (χ0) is 13.8. The first-order chi connectivity index (χ1) is 9.88. The van der Waals surface area contributed by atoms with E-state index in [0.29, 0.717) is 17.9 Å². The van der Waals surface area contributed by atoms with Gasteiger partial charge in [0.15, 0.2) is 0 Å². The Balaban J connectivity index is 1.56. The standard InChI is InChI=1S/C17H21N3/c18-20-17(9-8-13-5-4-10-19-12-13)16-11-15(16)14-6-2-1-3-7-14/h1-7,10,12,15-17,20H,8-9,11,18H2. The summed E-state index contributed by atoms with van der Waals surface area (Å²) >= 11 is 0. The van der Waals surface area contributed by atoms with Gasteiger partial charge in [-0.1, -0.05) is 36.4 Å². The van der Waals surface area contributed by atoms with Crippen LogP contribution >= 0.6 is 0 Å². The van der Waals surface area contributed by atoms with E-state index in [1.807, 2.05) is 18.5 Å². The van der Waals surface area contributed by atoms with E-state index in [1.54, 1.807) is 0 Å². The van der Waals surface area contributed by atoms with Crippen LogP contribution in [0.3, 0.4) is 0 Å². The lowest BCUT2D eigenvalue weighted by Gasteiger charge is -2.16. The van der Waals surface area contributed by atoms with Crippen molar-refractivity contribution in [2.45, 2.75) is 31.2 Å². The highest BCUT2D eigenvalue weighted by Crippen LogP contribution is 2.50. The lowest BCUT2D eigenvalue weighted by Crippen LogP contribution is -2.37. The predicted molar refractivity (Wildman–Crippen MR) is 81.0 cm³/mol. The second-order valence-corrected chi connectivity index (χ2v) is 5.59. The summed E-state index contributed by atoms with van der Waals surface area (Å²) in [7, 11) is 0. The number of nitrogens with two attached hydrogens (primary N) is 1. The molecule has 3 N–H and O–H groups in total. The normalized spacial score (nSPS) is 22.4. The van der Waals surface area contributed by atoms with Crippen LogP contribution in [-0.2, 0) is 6.42 Å². The monoisotopic (exact) mass is 267 g/mol. The Hall–Kier alpha value is -1.71. The van der Waals surface area contributed by atoms with E-state index in [1.165, 1.54) is 17.5 Å². The van der Waals surface area contributed by atoms with Crippen LogP contribution in [0, 0.1) is 5.92 Å². The number of benzene rings is 1. The summed E-state index contributed by atoms with van der Waals surface area (Å²) in [6, 6.07) is 15.3. The zero-order valence-electron chi connectivity index (χ0n) is 11.6. The van der Waals surface area contributed by atoms with Crippen molar-refractivity contribution in [2.24, 2.45) is 11.8 Å². The molecule has 104 valence electrons. The third-order valence-corrected chi connectivity index (χ3v) is 4.27. The maximum Gasteiger partial charge on any atom is 0.0299 e. The fraction of sp³-hybridized carbons (Fsp3) is 0.353. The molecule has 0 radical (unpaired) electrons. The molecule has 1 aromatic heterocycles. The topological polar surface area (TPSA) is 50.9 Å². The van der Waals surface area contributed by atoms with Gasteiger partial charge in [0.2, 0.25) is 0 Å². The van der Waals surface area contributed by atoms with Crippen LogP contribution in [0.25, 0.3) is 0 Å². The van der Waals surface area contributed by atoms with Gasteiger partial charge in [-0.15, -0.1) is 0 Å². The van der Waals surface area contributed by atoms with Crippen molar-refractivity contribution >= 4 is 0 Å². The molecular weight excluding hydrogens is 246 g/mol. The van der Waals surface area contributed by atoms with E-state index in [0.717, 1.165) is 12.8 Å². The number of nitrogens with zero attached hydrogens (tertiary/aromatic N) is 1. The van der Waals surface area contributed by atoms with Gasteiger partial charge in [-0.2, -0.15) is 0 Å². The molecule has 3 unspecified atom stereocenters. The van der Waals surface area contributed by atoms with Gasteiger partial charge in [0.25, 0.3) is 0 Å². The van der Waals surface area contributed by atoms with E-state index in [4.69, 9.17) is 5.84 Å². The molecule has 1 aliphatic rings. The first-order valence-electron chi connectivity index (χ1n) is 7.28. The molecule has 3 rings (SSSR count). The smallest absolute Gasteiger partial charge is 0.0299 e. The minimum atomic E-state index is 0.389. The van der Waals surface area contributed by atoms with E-state index in [-0.39, 0.29) is 0 Å². The van der Waals surface area contributed by atoms with Gasteiger partial charge in [0, 0.05) is 18.4 Å². The summed E-state index contributed by atoms with van der Waals surface area (Å²) in [5, 5.41) is 0. The van der Waals surface area contributed by atoms with Crippen molar-refractivity contribution in [3.63, 3.8) is 0 Å². The first kappa shape index (κ1) is 13.3. The average molecular weight is 267 g/mol. The van der Waals surface area contributed by atoms with Crippen LogP contribution in [0.1, 0.15) is 29.9 Å². The molecule has 0 amide bonds. The lowest BCUT2D eigenvalue weighted by molar-refractivity contribution is 0.438. The van der Waals surface area contributed by atoms with E-state index >= 15 is 0 Å². The van der Waals surface area contributed by atoms with Gasteiger partial charge in [-0.3, -0.25) is 16.3 Å². The van der Waals surface area contributed by atoms with Crippen molar-refractivity contribution in [1.29, 1.82) is 0 Å². The molecule has 1 saturated carbocycles. The van der Waals surface area contributed by atoms with Crippen LogP contribution in [-0.4, -0.2) is 11.0 Å². The Morgan fingerprint density at radius 1 is 1.20 bits per heavy atom. The summed E-state index contributed by atoms with van der Waals surface area (Å²) < 4.78 is 0. The second-order valence-electron chi connectivity index (χ2n) is 5.59. The summed E-state index contributed by atoms with van der Waals surface area (Å²) in [6.45, 7) is 0. The SMILES string of the molecule is NNC(CCc1cccnc1)C1CC1c1ccccc1. The number of pyridine rings is 1. The number of nitrogens with one attached hydrogen (secondary N) is 1. The van der Waals surface area contributed by atoms with E-state index in [2.05, 4.69) is 46.8 Å². The molecule has 0 aliphatic heterocycles. The molecule has 1 fully saturated rings. The molecule has 0 saturated heterocycles. The predicted octanol–water partition coefficient (Wildman–Crippen LogP) is 2.65. The molecule has 3 nitrogen and oxygen atoms in total. The Labute approximate surface area is 120 Å². The minimum absolute atomic E-state index is 0.389. The summed E-state index contributed by atoms with van der Waals surface area (Å²) in [4.78, 5) is 4.16. The van der Waals surface area contributed by atoms with E-state index in [9.17, 15) is 0 Å². The highest BCUT2D eigenvalue weighted by atomic mass is 15.2. The number of aromatic nitrogens is 1. The third-order valence-electron chi connectivity index (χ3n) is 4.27. The Kier molecular flexibility index (Phi) is 4.09. The van der Waals surface area contributed by atoms with Crippen molar-refractivity contribution in [1.82, 2.24) is 10.4 Å². The lowest BCUT2D eigenvalue weighted by atomic mass is 10.00. The van der Waals surface area contributed by atoms with Crippen molar-refractivity contribution < 1.29 is 0 Å². The Bertz CT molecular complexity index is 526. The summed E-state index contributed by atoms with van der Waals surface area (Å²) in [5.41, 5.74) is 5.74. The molecule has 0 bridgehead atoms. The largest absolute Gasteiger partial charge is 0.271 e. The zero-order valence-corrected chi connectivity index (χ0v) is 11.6. The van der Waals surface area contributed by atoms with Crippen molar-refractivity contribution in [3.05, 3.63) is 66.0 Å². The molecule has 1 aliphatic carbocycles.